The maximum absolute atomic E-state index is 11.1. The Morgan fingerprint density at radius 3 is 2.50 bits per heavy atom. The van der Waals surface area contributed by atoms with Gasteiger partial charge in [0.1, 0.15) is 0 Å². The number of aromatic amines is 1. The van der Waals surface area contributed by atoms with Crippen molar-refractivity contribution in [3.8, 4) is 0 Å². The van der Waals surface area contributed by atoms with E-state index in [9.17, 15) is 9.59 Å². The Kier molecular flexibility index (Phi) is 1.43. The second-order valence-electron chi connectivity index (χ2n) is 2.56. The molecule has 1 N–H and O–H groups in total. The predicted octanol–water partition coefficient (Wildman–Crippen LogP) is 0.0631. The number of nitrogens with zero attached hydrogens (tertiary/aromatic N) is 2. The minimum absolute atomic E-state index is 0.174. The third-order valence-electron chi connectivity index (χ3n) is 1.77. The fourth-order valence-corrected chi connectivity index (χ4v) is 1.21. The molecular formula is C7H7N3O2. The molecule has 5 nitrogen and oxygen atoms in total. The van der Waals surface area contributed by atoms with Crippen molar-refractivity contribution in [1.29, 1.82) is 0 Å². The number of nitrogens with one attached hydrogen (secondary N) is 1. The minimum atomic E-state index is -0.174. The van der Waals surface area contributed by atoms with Crippen LogP contribution in [-0.4, -0.2) is 22.0 Å². The maximum Gasteiger partial charge on any atom is 0.235 e. The molecule has 1 aromatic rings. The van der Waals surface area contributed by atoms with Gasteiger partial charge in [0, 0.05) is 25.1 Å². The predicted molar refractivity (Wildman–Crippen MR) is 40.3 cm³/mol. The summed E-state index contributed by atoms with van der Waals surface area (Å²) in [5, 5.41) is 6.31. The molecule has 0 saturated carbocycles. The van der Waals surface area contributed by atoms with Crippen LogP contribution in [0.1, 0.15) is 12.8 Å². The van der Waals surface area contributed by atoms with E-state index in [0.29, 0.717) is 18.7 Å². The average molecular weight is 165 g/mol. The molecule has 2 amide bonds. The van der Waals surface area contributed by atoms with Crippen LogP contribution in [0.4, 0.5) is 5.82 Å². The lowest BCUT2D eigenvalue weighted by Crippen LogP contribution is -2.28. The van der Waals surface area contributed by atoms with E-state index in [1.807, 2.05) is 0 Å². The van der Waals surface area contributed by atoms with Crippen LogP contribution in [0.2, 0.25) is 0 Å². The van der Waals surface area contributed by atoms with Crippen molar-refractivity contribution >= 4 is 17.6 Å². The molecule has 0 aromatic carbocycles. The SMILES string of the molecule is O=C1CCC(=O)N1c1cc[nH]n1. The zero-order chi connectivity index (χ0) is 8.55. The number of carbonyl (C=O) groups excluding carboxylic acids is 2. The van der Waals surface area contributed by atoms with Crippen LogP contribution in [-0.2, 0) is 9.59 Å². The summed E-state index contributed by atoms with van der Waals surface area (Å²) in [5.74, 6) is 0.0432. The van der Waals surface area contributed by atoms with E-state index in [1.54, 1.807) is 12.3 Å². The lowest BCUT2D eigenvalue weighted by Gasteiger charge is -2.08. The number of carbonyl (C=O) groups is 2. The number of imide groups is 1. The second kappa shape index (κ2) is 2.44. The van der Waals surface area contributed by atoms with E-state index >= 15 is 0 Å². The third-order valence-corrected chi connectivity index (χ3v) is 1.77. The first-order valence-corrected chi connectivity index (χ1v) is 3.64. The Morgan fingerprint density at radius 1 is 1.33 bits per heavy atom. The van der Waals surface area contributed by atoms with Gasteiger partial charge in [-0.25, -0.2) is 4.90 Å². The van der Waals surface area contributed by atoms with Gasteiger partial charge < -0.3 is 0 Å². The van der Waals surface area contributed by atoms with E-state index in [-0.39, 0.29) is 11.8 Å². The van der Waals surface area contributed by atoms with Gasteiger partial charge in [-0.05, 0) is 0 Å². The normalized spacial score (nSPS) is 17.5. The molecule has 0 spiro atoms. The lowest BCUT2D eigenvalue weighted by atomic mass is 10.4. The minimum Gasteiger partial charge on any atom is -0.284 e. The smallest absolute Gasteiger partial charge is 0.235 e. The van der Waals surface area contributed by atoms with Crippen molar-refractivity contribution in [3.63, 3.8) is 0 Å². The summed E-state index contributed by atoms with van der Waals surface area (Å²) in [5.41, 5.74) is 0. The van der Waals surface area contributed by atoms with Gasteiger partial charge in [-0.3, -0.25) is 14.7 Å². The van der Waals surface area contributed by atoms with Gasteiger partial charge in [0.2, 0.25) is 11.8 Å². The summed E-state index contributed by atoms with van der Waals surface area (Å²) in [6.07, 6.45) is 2.17. The maximum atomic E-state index is 11.1. The van der Waals surface area contributed by atoms with E-state index in [1.165, 1.54) is 0 Å². The van der Waals surface area contributed by atoms with Crippen LogP contribution in [0.5, 0.6) is 0 Å². The zero-order valence-electron chi connectivity index (χ0n) is 6.28. The van der Waals surface area contributed by atoms with Gasteiger partial charge in [-0.15, -0.1) is 0 Å². The molecule has 1 saturated heterocycles. The lowest BCUT2D eigenvalue weighted by molar-refractivity contribution is -0.121. The Morgan fingerprint density at radius 2 is 2.00 bits per heavy atom. The molecule has 2 heterocycles. The highest BCUT2D eigenvalue weighted by atomic mass is 16.2. The topological polar surface area (TPSA) is 66.1 Å². The molecule has 0 atom stereocenters. The molecule has 62 valence electrons. The molecule has 0 aliphatic carbocycles. The van der Waals surface area contributed by atoms with Crippen molar-refractivity contribution < 1.29 is 9.59 Å². The summed E-state index contributed by atoms with van der Waals surface area (Å²) in [6, 6.07) is 1.60. The number of amides is 2. The largest absolute Gasteiger partial charge is 0.284 e. The summed E-state index contributed by atoms with van der Waals surface area (Å²) in [7, 11) is 0. The van der Waals surface area contributed by atoms with Crippen molar-refractivity contribution in [2.75, 3.05) is 4.90 Å². The van der Waals surface area contributed by atoms with E-state index < -0.39 is 0 Å². The van der Waals surface area contributed by atoms with Crippen molar-refractivity contribution in [2.45, 2.75) is 12.8 Å². The monoisotopic (exact) mass is 165 g/mol. The summed E-state index contributed by atoms with van der Waals surface area (Å²) >= 11 is 0. The Balaban J connectivity index is 2.34. The van der Waals surface area contributed by atoms with Crippen molar-refractivity contribution in [1.82, 2.24) is 10.2 Å². The number of aromatic nitrogens is 2. The number of anilines is 1. The molecule has 0 unspecified atom stereocenters. The fraction of sp³-hybridized carbons (Fsp3) is 0.286. The zero-order valence-corrected chi connectivity index (χ0v) is 6.28. The molecule has 1 aromatic heterocycles. The van der Waals surface area contributed by atoms with Crippen LogP contribution in [0.15, 0.2) is 12.3 Å². The van der Waals surface area contributed by atoms with Gasteiger partial charge in [0.15, 0.2) is 5.82 Å². The molecule has 12 heavy (non-hydrogen) atoms. The van der Waals surface area contributed by atoms with Gasteiger partial charge in [0.05, 0.1) is 0 Å². The number of hydrogen-bond acceptors (Lipinski definition) is 3. The van der Waals surface area contributed by atoms with Crippen molar-refractivity contribution in [3.05, 3.63) is 12.3 Å². The molecule has 1 aliphatic heterocycles. The Labute approximate surface area is 68.4 Å². The number of hydrogen-bond donors (Lipinski definition) is 1. The van der Waals surface area contributed by atoms with Gasteiger partial charge in [0.25, 0.3) is 0 Å². The quantitative estimate of drug-likeness (QED) is 0.598. The molecule has 2 rings (SSSR count). The van der Waals surface area contributed by atoms with Crippen LogP contribution in [0, 0.1) is 0 Å². The Bertz CT molecular complexity index is 301. The Hall–Kier alpha value is -1.65. The molecule has 0 radical (unpaired) electrons. The molecule has 1 aliphatic rings. The van der Waals surface area contributed by atoms with Crippen molar-refractivity contribution in [2.24, 2.45) is 0 Å². The first-order valence-electron chi connectivity index (χ1n) is 3.64. The molecular weight excluding hydrogens is 158 g/mol. The second-order valence-corrected chi connectivity index (χ2v) is 2.56. The molecule has 5 heteroatoms. The highest BCUT2D eigenvalue weighted by Gasteiger charge is 2.31. The van der Waals surface area contributed by atoms with E-state index in [0.717, 1.165) is 4.90 Å². The molecule has 1 fully saturated rings. The number of H-pyrrole nitrogens is 1. The van der Waals surface area contributed by atoms with Gasteiger partial charge >= 0.3 is 0 Å². The average Bonchev–Trinajstić information content (AvgIpc) is 2.61. The standard InChI is InChI=1S/C7H7N3O2/c11-6-1-2-7(12)10(6)5-3-4-8-9-5/h3-4H,1-2H2,(H,8,9). The van der Waals surface area contributed by atoms with Gasteiger partial charge in [-0.2, -0.15) is 5.10 Å². The summed E-state index contributed by atoms with van der Waals surface area (Å²) in [6.45, 7) is 0. The van der Waals surface area contributed by atoms with Gasteiger partial charge in [-0.1, -0.05) is 0 Å². The first kappa shape index (κ1) is 7.02. The fourth-order valence-electron chi connectivity index (χ4n) is 1.21. The highest BCUT2D eigenvalue weighted by molar-refractivity contribution is 6.19. The van der Waals surface area contributed by atoms with Crippen LogP contribution >= 0.6 is 0 Å². The van der Waals surface area contributed by atoms with E-state index in [4.69, 9.17) is 0 Å². The van der Waals surface area contributed by atoms with Crippen LogP contribution in [0.25, 0.3) is 0 Å². The molecule has 0 bridgehead atoms. The van der Waals surface area contributed by atoms with E-state index in [2.05, 4.69) is 10.2 Å². The third kappa shape index (κ3) is 0.903. The van der Waals surface area contributed by atoms with Crippen LogP contribution in [0.3, 0.4) is 0 Å². The highest BCUT2D eigenvalue weighted by Crippen LogP contribution is 2.18. The number of rotatable bonds is 1. The first-order chi connectivity index (χ1) is 5.79. The van der Waals surface area contributed by atoms with Crippen LogP contribution < -0.4 is 4.90 Å². The summed E-state index contributed by atoms with van der Waals surface area (Å²) in [4.78, 5) is 23.4. The summed E-state index contributed by atoms with van der Waals surface area (Å²) < 4.78 is 0.